The molecule has 1 aliphatic carbocycles. The van der Waals surface area contributed by atoms with E-state index < -0.39 is 12.6 Å². The number of halogens is 3. The molecule has 0 aliphatic heterocycles. The molecule has 0 bridgehead atoms. The molecule has 1 aromatic rings. The molecule has 0 saturated carbocycles. The molecule has 1 nitrogen and oxygen atoms in total. The number of rotatable bonds is 4. The second-order valence-corrected chi connectivity index (χ2v) is 4.97. The van der Waals surface area contributed by atoms with Crippen molar-refractivity contribution in [3.05, 3.63) is 35.4 Å². The summed E-state index contributed by atoms with van der Waals surface area (Å²) < 4.78 is 41.3. The van der Waals surface area contributed by atoms with Crippen molar-refractivity contribution in [3.63, 3.8) is 0 Å². The minimum absolute atomic E-state index is 0.00309. The van der Waals surface area contributed by atoms with E-state index in [9.17, 15) is 13.2 Å². The molecule has 0 aromatic heterocycles. The van der Waals surface area contributed by atoms with Gasteiger partial charge in [-0.15, -0.1) is 0 Å². The number of ether oxygens (including phenoxy) is 1. The Morgan fingerprint density at radius 3 is 2.84 bits per heavy atom. The summed E-state index contributed by atoms with van der Waals surface area (Å²) >= 11 is 0. The first-order valence-corrected chi connectivity index (χ1v) is 6.45. The van der Waals surface area contributed by atoms with E-state index in [0.29, 0.717) is 11.7 Å². The van der Waals surface area contributed by atoms with Crippen LogP contribution in [0.25, 0.3) is 6.08 Å². The summed E-state index contributed by atoms with van der Waals surface area (Å²) in [6, 6.07) is 5.70. The molecule has 0 saturated heterocycles. The topological polar surface area (TPSA) is 9.23 Å². The van der Waals surface area contributed by atoms with Crippen LogP contribution >= 0.6 is 0 Å². The maximum Gasteiger partial charge on any atom is 0.389 e. The Balaban J connectivity index is 1.89. The van der Waals surface area contributed by atoms with Crippen LogP contribution in [0.3, 0.4) is 0 Å². The molecule has 1 aromatic carbocycles. The maximum absolute atomic E-state index is 12.0. The lowest BCUT2D eigenvalue weighted by molar-refractivity contribution is -0.136. The average molecular weight is 270 g/mol. The number of allylic oxidation sites excluding steroid dienone is 1. The van der Waals surface area contributed by atoms with Crippen molar-refractivity contribution < 1.29 is 17.9 Å². The second-order valence-electron chi connectivity index (χ2n) is 4.97. The lowest BCUT2D eigenvalue weighted by atomic mass is 9.91. The van der Waals surface area contributed by atoms with E-state index in [0.717, 1.165) is 6.42 Å². The number of hydrogen-bond acceptors (Lipinski definition) is 1. The lowest BCUT2D eigenvalue weighted by Gasteiger charge is -2.17. The third-order valence-electron chi connectivity index (χ3n) is 3.13. The van der Waals surface area contributed by atoms with Gasteiger partial charge in [-0.25, -0.2) is 0 Å². The zero-order valence-corrected chi connectivity index (χ0v) is 10.8. The highest BCUT2D eigenvalue weighted by atomic mass is 19.4. The Morgan fingerprint density at radius 2 is 2.11 bits per heavy atom. The largest absolute Gasteiger partial charge is 0.494 e. The van der Waals surface area contributed by atoms with Crippen molar-refractivity contribution in [1.29, 1.82) is 0 Å². The standard InChI is InChI=1S/C15H17F3O/c1-11-3-4-12-5-6-14(10-13(12)9-11)19-8-2-7-15(16,17)18/h3-6,10-11H,2,7-9H2,1H3/t11-/m0/s1. The monoisotopic (exact) mass is 270 g/mol. The van der Waals surface area contributed by atoms with Gasteiger partial charge in [-0.2, -0.15) is 13.2 Å². The number of hydrogen-bond donors (Lipinski definition) is 0. The van der Waals surface area contributed by atoms with Crippen molar-refractivity contribution in [3.8, 4) is 5.75 Å². The van der Waals surface area contributed by atoms with Crippen LogP contribution in [0.4, 0.5) is 13.2 Å². The Hall–Kier alpha value is -1.45. The van der Waals surface area contributed by atoms with Gasteiger partial charge >= 0.3 is 6.18 Å². The molecule has 0 radical (unpaired) electrons. The molecule has 4 heteroatoms. The minimum Gasteiger partial charge on any atom is -0.494 e. The third-order valence-corrected chi connectivity index (χ3v) is 3.13. The van der Waals surface area contributed by atoms with E-state index >= 15 is 0 Å². The summed E-state index contributed by atoms with van der Waals surface area (Å²) in [6.45, 7) is 2.24. The molecule has 1 aliphatic rings. The Morgan fingerprint density at radius 1 is 1.32 bits per heavy atom. The Bertz CT molecular complexity index is 463. The van der Waals surface area contributed by atoms with Crippen molar-refractivity contribution in [2.75, 3.05) is 6.61 Å². The Labute approximate surface area is 111 Å². The van der Waals surface area contributed by atoms with Gasteiger partial charge in [0.25, 0.3) is 0 Å². The highest BCUT2D eigenvalue weighted by molar-refractivity contribution is 5.58. The van der Waals surface area contributed by atoms with Crippen LogP contribution in [0.2, 0.25) is 0 Å². The van der Waals surface area contributed by atoms with Crippen LogP contribution in [-0.2, 0) is 6.42 Å². The molecular weight excluding hydrogens is 253 g/mol. The fourth-order valence-electron chi connectivity index (χ4n) is 2.16. The zero-order valence-electron chi connectivity index (χ0n) is 10.8. The van der Waals surface area contributed by atoms with Gasteiger partial charge in [0.1, 0.15) is 5.75 Å². The van der Waals surface area contributed by atoms with E-state index in [1.54, 1.807) is 0 Å². The van der Waals surface area contributed by atoms with Crippen LogP contribution in [0.5, 0.6) is 5.75 Å². The van der Waals surface area contributed by atoms with Crippen LogP contribution in [-0.4, -0.2) is 12.8 Å². The SMILES string of the molecule is C[C@H]1C=Cc2ccc(OCCCC(F)(F)F)cc2C1. The van der Waals surface area contributed by atoms with Crippen LogP contribution in [0, 0.1) is 5.92 Å². The van der Waals surface area contributed by atoms with Gasteiger partial charge in [-0.05, 0) is 42.0 Å². The van der Waals surface area contributed by atoms with Crippen LogP contribution < -0.4 is 4.74 Å². The molecule has 19 heavy (non-hydrogen) atoms. The van der Waals surface area contributed by atoms with Gasteiger partial charge in [0, 0.05) is 6.42 Å². The summed E-state index contributed by atoms with van der Waals surface area (Å²) in [7, 11) is 0. The normalized spacial score (nSPS) is 18.2. The van der Waals surface area contributed by atoms with Gasteiger partial charge in [-0.3, -0.25) is 0 Å². The highest BCUT2D eigenvalue weighted by Gasteiger charge is 2.26. The number of alkyl halides is 3. The average Bonchev–Trinajstić information content (AvgIpc) is 2.33. The molecule has 0 fully saturated rings. The number of fused-ring (bicyclic) bond motifs is 1. The van der Waals surface area contributed by atoms with Crippen molar-refractivity contribution >= 4 is 6.08 Å². The number of benzene rings is 1. The Kier molecular flexibility index (Phi) is 4.17. The molecule has 2 rings (SSSR count). The molecule has 1 atom stereocenters. The zero-order chi connectivity index (χ0) is 13.9. The van der Waals surface area contributed by atoms with Gasteiger partial charge in [0.05, 0.1) is 6.61 Å². The predicted octanol–water partition coefficient (Wildman–Crippen LogP) is 4.61. The van der Waals surface area contributed by atoms with Gasteiger partial charge < -0.3 is 4.74 Å². The highest BCUT2D eigenvalue weighted by Crippen LogP contribution is 2.27. The summed E-state index contributed by atoms with van der Waals surface area (Å²) in [5.74, 6) is 1.15. The maximum atomic E-state index is 12.0. The molecule has 0 N–H and O–H groups in total. The van der Waals surface area contributed by atoms with Crippen molar-refractivity contribution in [1.82, 2.24) is 0 Å². The molecular formula is C15H17F3O. The van der Waals surface area contributed by atoms with Crippen molar-refractivity contribution in [2.24, 2.45) is 5.92 Å². The van der Waals surface area contributed by atoms with Gasteiger partial charge in [-0.1, -0.05) is 25.1 Å². The molecule has 0 unspecified atom stereocenters. The molecule has 0 amide bonds. The van der Waals surface area contributed by atoms with Crippen molar-refractivity contribution in [2.45, 2.75) is 32.4 Å². The van der Waals surface area contributed by atoms with Crippen LogP contribution in [0.1, 0.15) is 30.9 Å². The van der Waals surface area contributed by atoms with E-state index in [-0.39, 0.29) is 13.0 Å². The minimum atomic E-state index is -4.10. The van der Waals surface area contributed by atoms with Gasteiger partial charge in [0.2, 0.25) is 0 Å². The summed E-state index contributed by atoms with van der Waals surface area (Å²) in [5.41, 5.74) is 2.36. The van der Waals surface area contributed by atoms with E-state index in [2.05, 4.69) is 19.1 Å². The van der Waals surface area contributed by atoms with Crippen LogP contribution in [0.15, 0.2) is 24.3 Å². The molecule has 104 valence electrons. The first-order valence-electron chi connectivity index (χ1n) is 6.45. The fraction of sp³-hybridized carbons (Fsp3) is 0.467. The lowest BCUT2D eigenvalue weighted by Crippen LogP contribution is -2.10. The summed E-state index contributed by atoms with van der Waals surface area (Å²) in [5, 5.41) is 0. The fourth-order valence-corrected chi connectivity index (χ4v) is 2.16. The van der Waals surface area contributed by atoms with E-state index in [4.69, 9.17) is 4.74 Å². The van der Waals surface area contributed by atoms with Gasteiger partial charge in [0.15, 0.2) is 0 Å². The molecule has 0 heterocycles. The smallest absolute Gasteiger partial charge is 0.389 e. The first kappa shape index (κ1) is 14.0. The second kappa shape index (κ2) is 5.68. The summed E-state index contributed by atoms with van der Waals surface area (Å²) in [4.78, 5) is 0. The predicted molar refractivity (Wildman–Crippen MR) is 69.1 cm³/mol. The van der Waals surface area contributed by atoms with E-state index in [1.807, 2.05) is 18.2 Å². The first-order chi connectivity index (χ1) is 8.94. The quantitative estimate of drug-likeness (QED) is 0.726. The third kappa shape index (κ3) is 4.30. The summed E-state index contributed by atoms with van der Waals surface area (Å²) in [6.07, 6.45) is 0.294. The molecule has 0 spiro atoms. The van der Waals surface area contributed by atoms with E-state index in [1.165, 1.54) is 11.1 Å².